The van der Waals surface area contributed by atoms with Crippen molar-refractivity contribution in [3.8, 4) is 22.6 Å². The summed E-state index contributed by atoms with van der Waals surface area (Å²) in [6.45, 7) is 2.76. The monoisotopic (exact) mass is 472 g/mol. The Hall–Kier alpha value is -3.60. The highest BCUT2D eigenvalue weighted by Gasteiger charge is 2.28. The first-order valence-electron chi connectivity index (χ1n) is 12.3. The summed E-state index contributed by atoms with van der Waals surface area (Å²) in [6, 6.07) is 22.1. The van der Waals surface area contributed by atoms with Gasteiger partial charge in [-0.1, -0.05) is 36.8 Å². The maximum absolute atomic E-state index is 11.4. The largest absolute Gasteiger partial charge is 0.494 e. The third-order valence-electron chi connectivity index (χ3n) is 6.50. The molecule has 0 aliphatic heterocycles. The fraction of sp³-hybridized carbons (Fsp3) is 0.333. The topological polar surface area (TPSA) is 72.8 Å². The van der Waals surface area contributed by atoms with Crippen LogP contribution in [0.2, 0.25) is 0 Å². The van der Waals surface area contributed by atoms with Crippen molar-refractivity contribution in [3.63, 3.8) is 0 Å². The third kappa shape index (κ3) is 6.30. The number of hydrogen-bond acceptors (Lipinski definition) is 4. The SMILES string of the molecule is CC(=O)c1ccc(OCCCCOc2ccc3c(c2)C(CCCCC(=O)O)c2ccccc2-3)cc1. The Balaban J connectivity index is 1.28. The average Bonchev–Trinajstić information content (AvgIpc) is 3.17. The Morgan fingerprint density at radius 2 is 1.43 bits per heavy atom. The van der Waals surface area contributed by atoms with Crippen LogP contribution in [0.3, 0.4) is 0 Å². The van der Waals surface area contributed by atoms with E-state index in [1.807, 2.05) is 18.2 Å². The molecule has 35 heavy (non-hydrogen) atoms. The second kappa shape index (κ2) is 11.7. The number of ether oxygens (including phenoxy) is 2. The first-order chi connectivity index (χ1) is 17.0. The van der Waals surface area contributed by atoms with Gasteiger partial charge in [-0.3, -0.25) is 9.59 Å². The molecule has 3 aromatic carbocycles. The predicted molar refractivity (Wildman–Crippen MR) is 136 cm³/mol. The van der Waals surface area contributed by atoms with E-state index in [1.54, 1.807) is 19.1 Å². The fourth-order valence-corrected chi connectivity index (χ4v) is 4.68. The highest BCUT2D eigenvalue weighted by molar-refractivity contribution is 5.94. The van der Waals surface area contributed by atoms with Gasteiger partial charge in [0.25, 0.3) is 0 Å². The molecular formula is C30H32O5. The molecule has 0 saturated heterocycles. The molecule has 4 rings (SSSR count). The molecule has 1 aliphatic rings. The van der Waals surface area contributed by atoms with Crippen LogP contribution in [0.5, 0.6) is 11.5 Å². The van der Waals surface area contributed by atoms with E-state index in [9.17, 15) is 9.59 Å². The number of benzene rings is 3. The van der Waals surface area contributed by atoms with Crippen molar-refractivity contribution in [2.24, 2.45) is 0 Å². The molecule has 0 fully saturated rings. The molecular weight excluding hydrogens is 440 g/mol. The number of Topliss-reactive ketones (excluding diaryl/α,β-unsaturated/α-hetero) is 1. The van der Waals surface area contributed by atoms with E-state index >= 15 is 0 Å². The van der Waals surface area contributed by atoms with E-state index in [1.165, 1.54) is 22.3 Å². The molecule has 0 saturated carbocycles. The van der Waals surface area contributed by atoms with Gasteiger partial charge in [0.15, 0.2) is 5.78 Å². The van der Waals surface area contributed by atoms with Crippen LogP contribution in [0.15, 0.2) is 66.7 Å². The third-order valence-corrected chi connectivity index (χ3v) is 6.50. The smallest absolute Gasteiger partial charge is 0.303 e. The quantitative estimate of drug-likeness (QED) is 0.217. The zero-order valence-electron chi connectivity index (χ0n) is 20.2. The molecule has 0 radical (unpaired) electrons. The Labute approximate surface area is 206 Å². The van der Waals surface area contributed by atoms with Gasteiger partial charge < -0.3 is 14.6 Å². The van der Waals surface area contributed by atoms with Gasteiger partial charge in [-0.25, -0.2) is 0 Å². The van der Waals surface area contributed by atoms with E-state index in [4.69, 9.17) is 14.6 Å². The minimum atomic E-state index is -0.732. The zero-order valence-corrected chi connectivity index (χ0v) is 20.2. The summed E-state index contributed by atoms with van der Waals surface area (Å²) in [5.74, 6) is 1.23. The minimum Gasteiger partial charge on any atom is -0.494 e. The summed E-state index contributed by atoms with van der Waals surface area (Å²) < 4.78 is 11.8. The first kappa shape index (κ1) is 24.5. The second-order valence-electron chi connectivity index (χ2n) is 9.01. The number of carbonyl (C=O) groups is 2. The van der Waals surface area contributed by atoms with Crippen molar-refractivity contribution >= 4 is 11.8 Å². The highest BCUT2D eigenvalue weighted by Crippen LogP contribution is 2.48. The van der Waals surface area contributed by atoms with Gasteiger partial charge >= 0.3 is 5.97 Å². The van der Waals surface area contributed by atoms with Crippen LogP contribution in [0.25, 0.3) is 11.1 Å². The van der Waals surface area contributed by atoms with Crippen LogP contribution in [0.1, 0.15) is 72.9 Å². The second-order valence-corrected chi connectivity index (χ2v) is 9.01. The summed E-state index contributed by atoms with van der Waals surface area (Å²) in [6.07, 6.45) is 4.48. The zero-order chi connectivity index (χ0) is 24.6. The minimum absolute atomic E-state index is 0.0497. The van der Waals surface area contributed by atoms with Crippen molar-refractivity contribution < 1.29 is 24.2 Å². The molecule has 5 heteroatoms. The number of hydrogen-bond donors (Lipinski definition) is 1. The molecule has 1 aliphatic carbocycles. The van der Waals surface area contributed by atoms with Crippen LogP contribution in [0.4, 0.5) is 0 Å². The average molecular weight is 473 g/mol. The predicted octanol–water partition coefficient (Wildman–Crippen LogP) is 6.88. The maximum Gasteiger partial charge on any atom is 0.303 e. The van der Waals surface area contributed by atoms with E-state index in [0.717, 1.165) is 37.2 Å². The lowest BCUT2D eigenvalue weighted by molar-refractivity contribution is -0.137. The number of carboxylic acid groups (broad SMARTS) is 1. The Kier molecular flexibility index (Phi) is 8.19. The summed E-state index contributed by atoms with van der Waals surface area (Å²) in [5.41, 5.74) is 5.80. The van der Waals surface area contributed by atoms with E-state index in [2.05, 4.69) is 36.4 Å². The molecule has 0 heterocycles. The van der Waals surface area contributed by atoms with Crippen molar-refractivity contribution in [1.82, 2.24) is 0 Å². The van der Waals surface area contributed by atoms with Gasteiger partial charge in [-0.2, -0.15) is 0 Å². The van der Waals surface area contributed by atoms with Crippen LogP contribution in [0, 0.1) is 0 Å². The molecule has 0 bridgehead atoms. The molecule has 1 atom stereocenters. The normalized spacial score (nSPS) is 13.7. The standard InChI is InChI=1S/C30H32O5/c1-21(31)22-12-14-23(15-13-22)34-18-6-7-19-35-24-16-17-28-26-9-3-2-8-25(26)27(29(28)20-24)10-4-5-11-30(32)33/h2-3,8-9,12-17,20,27H,4-7,10-11,18-19H2,1H3,(H,32,33). The van der Waals surface area contributed by atoms with Crippen LogP contribution >= 0.6 is 0 Å². The summed E-state index contributed by atoms with van der Waals surface area (Å²) in [7, 11) is 0. The lowest BCUT2D eigenvalue weighted by atomic mass is 9.91. The van der Waals surface area contributed by atoms with Crippen molar-refractivity contribution in [2.75, 3.05) is 13.2 Å². The summed E-state index contributed by atoms with van der Waals surface area (Å²) >= 11 is 0. The molecule has 0 amide bonds. The maximum atomic E-state index is 11.4. The molecule has 5 nitrogen and oxygen atoms in total. The molecule has 1 unspecified atom stereocenters. The number of unbranched alkanes of at least 4 members (excludes halogenated alkanes) is 2. The van der Waals surface area contributed by atoms with E-state index in [0.29, 0.717) is 25.2 Å². The van der Waals surface area contributed by atoms with Gasteiger partial charge in [-0.15, -0.1) is 0 Å². The van der Waals surface area contributed by atoms with E-state index in [-0.39, 0.29) is 18.1 Å². The molecule has 0 aromatic heterocycles. The van der Waals surface area contributed by atoms with Gasteiger partial charge in [0.1, 0.15) is 11.5 Å². The lowest BCUT2D eigenvalue weighted by Crippen LogP contribution is -2.03. The van der Waals surface area contributed by atoms with Gasteiger partial charge in [0.05, 0.1) is 13.2 Å². The van der Waals surface area contributed by atoms with Crippen LogP contribution < -0.4 is 9.47 Å². The first-order valence-corrected chi connectivity index (χ1v) is 12.3. The Morgan fingerprint density at radius 3 is 2.14 bits per heavy atom. The molecule has 3 aromatic rings. The van der Waals surface area contributed by atoms with Crippen molar-refractivity contribution in [3.05, 3.63) is 83.4 Å². The number of rotatable bonds is 13. The van der Waals surface area contributed by atoms with Gasteiger partial charge in [-0.05, 0) is 91.3 Å². The fourth-order valence-electron chi connectivity index (χ4n) is 4.68. The Morgan fingerprint density at radius 1 is 0.771 bits per heavy atom. The van der Waals surface area contributed by atoms with E-state index < -0.39 is 5.97 Å². The lowest BCUT2D eigenvalue weighted by Gasteiger charge is -2.15. The van der Waals surface area contributed by atoms with Gasteiger partial charge in [0, 0.05) is 17.9 Å². The summed E-state index contributed by atoms with van der Waals surface area (Å²) in [4.78, 5) is 22.2. The van der Waals surface area contributed by atoms with Crippen molar-refractivity contribution in [1.29, 1.82) is 0 Å². The van der Waals surface area contributed by atoms with Crippen LogP contribution in [-0.2, 0) is 4.79 Å². The number of aliphatic carboxylic acids is 1. The van der Waals surface area contributed by atoms with Crippen LogP contribution in [-0.4, -0.2) is 30.1 Å². The molecule has 1 N–H and O–H groups in total. The van der Waals surface area contributed by atoms with Gasteiger partial charge in [0.2, 0.25) is 0 Å². The molecule has 182 valence electrons. The number of carbonyl (C=O) groups excluding carboxylic acids is 1. The number of ketones is 1. The Bertz CT molecular complexity index is 1170. The highest BCUT2D eigenvalue weighted by atomic mass is 16.5. The van der Waals surface area contributed by atoms with Crippen molar-refractivity contribution in [2.45, 2.75) is 51.4 Å². The number of carboxylic acids is 1. The molecule has 0 spiro atoms. The number of fused-ring (bicyclic) bond motifs is 3. The summed E-state index contributed by atoms with van der Waals surface area (Å²) in [5, 5.41) is 8.94.